The minimum atomic E-state index is -4.00. The third-order valence-electron chi connectivity index (χ3n) is 5.03. The number of urea groups is 1. The number of halogens is 2. The number of anilines is 2. The second-order valence-corrected chi connectivity index (χ2v) is 10.5. The molecule has 0 aromatic heterocycles. The van der Waals surface area contributed by atoms with Crippen LogP contribution >= 0.6 is 23.2 Å². The van der Waals surface area contributed by atoms with Gasteiger partial charge in [-0.1, -0.05) is 61.3 Å². The zero-order valence-electron chi connectivity index (χ0n) is 18.7. The van der Waals surface area contributed by atoms with Crippen molar-refractivity contribution in [2.24, 2.45) is 5.92 Å². The van der Waals surface area contributed by atoms with Gasteiger partial charge in [-0.2, -0.15) is 4.72 Å². The number of nitrogens with one attached hydrogen (secondary N) is 3. The Morgan fingerprint density at radius 1 is 0.857 bits per heavy atom. The van der Waals surface area contributed by atoms with Crippen LogP contribution in [0, 0.1) is 5.92 Å². The molecule has 3 aromatic rings. The van der Waals surface area contributed by atoms with Crippen LogP contribution in [0.2, 0.25) is 10.0 Å². The number of aliphatic carboxylic acids is 1. The van der Waals surface area contributed by atoms with Crippen molar-refractivity contribution in [2.45, 2.75) is 24.8 Å². The number of amides is 2. The van der Waals surface area contributed by atoms with Crippen molar-refractivity contribution in [1.29, 1.82) is 0 Å². The average molecular weight is 536 g/mol. The van der Waals surface area contributed by atoms with Crippen LogP contribution in [0.3, 0.4) is 0 Å². The molecule has 3 rings (SSSR count). The van der Waals surface area contributed by atoms with Gasteiger partial charge in [0.1, 0.15) is 6.04 Å². The third-order valence-corrected chi connectivity index (χ3v) is 7.04. The van der Waals surface area contributed by atoms with E-state index in [1.807, 2.05) is 0 Å². The molecule has 3 aromatic carbocycles. The summed E-state index contributed by atoms with van der Waals surface area (Å²) in [4.78, 5) is 23.5. The van der Waals surface area contributed by atoms with Crippen LogP contribution < -0.4 is 15.4 Å². The Kier molecular flexibility index (Phi) is 8.39. The second-order valence-electron chi connectivity index (χ2n) is 7.99. The number of carbonyl (C=O) groups excluding carboxylic acids is 1. The Morgan fingerprint density at radius 2 is 1.43 bits per heavy atom. The van der Waals surface area contributed by atoms with E-state index in [1.54, 1.807) is 62.4 Å². The minimum absolute atomic E-state index is 0.0380. The standard InChI is InChI=1S/C24H23Cl2N3O5S/c1-14(2)22(23(30)31)29-35(33,34)19-10-5-16(6-11-19)15-3-8-18(9-4-15)27-24(32)28-21-12-7-17(25)13-20(21)26/h3-14,22,29H,1-2H3,(H,30,31)(H2,27,28,32)/t22-/m0/s1. The zero-order valence-corrected chi connectivity index (χ0v) is 21.1. The number of carbonyl (C=O) groups is 2. The highest BCUT2D eigenvalue weighted by atomic mass is 35.5. The molecule has 0 saturated carbocycles. The summed E-state index contributed by atoms with van der Waals surface area (Å²) >= 11 is 11.9. The summed E-state index contributed by atoms with van der Waals surface area (Å²) in [5, 5.41) is 15.4. The molecular formula is C24H23Cl2N3O5S. The van der Waals surface area contributed by atoms with Crippen molar-refractivity contribution in [3.63, 3.8) is 0 Å². The fourth-order valence-corrected chi connectivity index (χ4v) is 4.95. The molecule has 11 heteroatoms. The molecule has 1 atom stereocenters. The molecule has 0 radical (unpaired) electrons. The van der Waals surface area contributed by atoms with Crippen LogP contribution in [0.1, 0.15) is 13.8 Å². The highest BCUT2D eigenvalue weighted by molar-refractivity contribution is 7.89. The van der Waals surface area contributed by atoms with Gasteiger partial charge in [-0.15, -0.1) is 0 Å². The van der Waals surface area contributed by atoms with Gasteiger partial charge in [0.15, 0.2) is 0 Å². The molecule has 4 N–H and O–H groups in total. The lowest BCUT2D eigenvalue weighted by Crippen LogP contribution is -2.44. The van der Waals surface area contributed by atoms with E-state index in [4.69, 9.17) is 23.2 Å². The number of carboxylic acid groups (broad SMARTS) is 1. The lowest BCUT2D eigenvalue weighted by molar-refractivity contribution is -0.140. The van der Waals surface area contributed by atoms with Crippen molar-refractivity contribution < 1.29 is 23.1 Å². The molecule has 0 unspecified atom stereocenters. The maximum absolute atomic E-state index is 12.6. The first kappa shape index (κ1) is 26.5. The summed E-state index contributed by atoms with van der Waals surface area (Å²) in [7, 11) is -4.00. The normalized spacial score (nSPS) is 12.3. The molecule has 0 fully saturated rings. The number of benzene rings is 3. The van der Waals surface area contributed by atoms with Crippen LogP contribution in [-0.4, -0.2) is 31.6 Å². The van der Waals surface area contributed by atoms with Gasteiger partial charge in [0.25, 0.3) is 0 Å². The molecule has 0 spiro atoms. The summed E-state index contributed by atoms with van der Waals surface area (Å²) in [6, 6.07) is 16.0. The van der Waals surface area contributed by atoms with Crippen LogP contribution in [-0.2, 0) is 14.8 Å². The third kappa shape index (κ3) is 6.95. The summed E-state index contributed by atoms with van der Waals surface area (Å²) < 4.78 is 27.4. The number of hydrogen-bond acceptors (Lipinski definition) is 4. The smallest absolute Gasteiger partial charge is 0.323 e. The minimum Gasteiger partial charge on any atom is -0.480 e. The van der Waals surface area contributed by atoms with Gasteiger partial charge in [-0.3, -0.25) is 4.79 Å². The Morgan fingerprint density at radius 3 is 1.94 bits per heavy atom. The summed E-state index contributed by atoms with van der Waals surface area (Å²) in [6.07, 6.45) is 0. The maximum Gasteiger partial charge on any atom is 0.323 e. The SMILES string of the molecule is CC(C)[C@H](NS(=O)(=O)c1ccc(-c2ccc(NC(=O)Nc3ccc(Cl)cc3Cl)cc2)cc1)C(=O)O. The number of rotatable bonds is 8. The molecule has 35 heavy (non-hydrogen) atoms. The van der Waals surface area contributed by atoms with Gasteiger partial charge in [0.2, 0.25) is 10.0 Å². The Hall–Kier alpha value is -3.11. The highest BCUT2D eigenvalue weighted by Gasteiger charge is 2.28. The van der Waals surface area contributed by atoms with Gasteiger partial charge in [0, 0.05) is 10.7 Å². The van der Waals surface area contributed by atoms with E-state index in [-0.39, 0.29) is 4.90 Å². The van der Waals surface area contributed by atoms with Crippen molar-refractivity contribution in [1.82, 2.24) is 4.72 Å². The fraction of sp³-hybridized carbons (Fsp3) is 0.167. The van der Waals surface area contributed by atoms with Crippen LogP contribution in [0.25, 0.3) is 11.1 Å². The van der Waals surface area contributed by atoms with Crippen molar-refractivity contribution >= 4 is 56.6 Å². The van der Waals surface area contributed by atoms with Gasteiger partial charge in [0.05, 0.1) is 15.6 Å². The summed E-state index contributed by atoms with van der Waals surface area (Å²) in [6.45, 7) is 3.25. The molecular weight excluding hydrogens is 513 g/mol. The lowest BCUT2D eigenvalue weighted by Gasteiger charge is -2.18. The zero-order chi connectivity index (χ0) is 25.8. The van der Waals surface area contributed by atoms with Crippen molar-refractivity contribution in [3.8, 4) is 11.1 Å². The van der Waals surface area contributed by atoms with E-state index in [0.29, 0.717) is 21.4 Å². The molecule has 0 bridgehead atoms. The van der Waals surface area contributed by atoms with E-state index in [2.05, 4.69) is 15.4 Å². The number of sulfonamides is 1. The van der Waals surface area contributed by atoms with Crippen LogP contribution in [0.15, 0.2) is 71.6 Å². The molecule has 8 nitrogen and oxygen atoms in total. The first-order valence-electron chi connectivity index (χ1n) is 10.4. The maximum atomic E-state index is 12.6. The monoisotopic (exact) mass is 535 g/mol. The molecule has 0 heterocycles. The van der Waals surface area contributed by atoms with Crippen molar-refractivity contribution in [3.05, 3.63) is 76.8 Å². The molecule has 0 aliphatic heterocycles. The molecule has 0 aliphatic carbocycles. The van der Waals surface area contributed by atoms with E-state index in [1.165, 1.54) is 18.2 Å². The van der Waals surface area contributed by atoms with Gasteiger partial charge >= 0.3 is 12.0 Å². The van der Waals surface area contributed by atoms with Gasteiger partial charge in [-0.25, -0.2) is 13.2 Å². The number of hydrogen-bond donors (Lipinski definition) is 4. The number of carboxylic acids is 1. The highest BCUT2D eigenvalue weighted by Crippen LogP contribution is 2.26. The van der Waals surface area contributed by atoms with E-state index in [9.17, 15) is 23.1 Å². The Bertz CT molecular complexity index is 1330. The molecule has 0 saturated heterocycles. The fourth-order valence-electron chi connectivity index (χ4n) is 3.15. The van der Waals surface area contributed by atoms with E-state index >= 15 is 0 Å². The van der Waals surface area contributed by atoms with Crippen LogP contribution in [0.5, 0.6) is 0 Å². The average Bonchev–Trinajstić information content (AvgIpc) is 2.79. The molecule has 184 valence electrons. The summed E-state index contributed by atoms with van der Waals surface area (Å²) in [5.74, 6) is -1.65. The molecule has 2 amide bonds. The Balaban J connectivity index is 1.67. The lowest BCUT2D eigenvalue weighted by atomic mass is 10.1. The second kappa shape index (κ2) is 11.1. The summed E-state index contributed by atoms with van der Waals surface area (Å²) in [5.41, 5.74) is 2.48. The van der Waals surface area contributed by atoms with Gasteiger partial charge in [-0.05, 0) is 59.5 Å². The quantitative estimate of drug-likeness (QED) is 0.294. The van der Waals surface area contributed by atoms with Gasteiger partial charge < -0.3 is 15.7 Å². The van der Waals surface area contributed by atoms with E-state index < -0.39 is 34.0 Å². The predicted octanol–water partition coefficient (Wildman–Crippen LogP) is 5.69. The van der Waals surface area contributed by atoms with Crippen molar-refractivity contribution in [2.75, 3.05) is 10.6 Å². The Labute approximate surface area is 213 Å². The first-order chi connectivity index (χ1) is 16.5. The first-order valence-corrected chi connectivity index (χ1v) is 12.7. The largest absolute Gasteiger partial charge is 0.480 e. The molecule has 0 aliphatic rings. The van der Waals surface area contributed by atoms with E-state index in [0.717, 1.165) is 11.1 Å². The predicted molar refractivity (Wildman–Crippen MR) is 138 cm³/mol. The van der Waals surface area contributed by atoms with Crippen LogP contribution in [0.4, 0.5) is 16.2 Å². The topological polar surface area (TPSA) is 125 Å².